The number of nitrogens with zero attached hydrogens (tertiary/aromatic N) is 3. The van der Waals surface area contributed by atoms with E-state index in [1.807, 2.05) is 18.2 Å². The van der Waals surface area contributed by atoms with Gasteiger partial charge in [0.1, 0.15) is 0 Å². The first-order valence-corrected chi connectivity index (χ1v) is 10.4. The monoisotopic (exact) mass is 430 g/mol. The van der Waals surface area contributed by atoms with Crippen LogP contribution in [0.25, 0.3) is 0 Å². The number of methoxy groups -OCH3 is 2. The molecule has 0 aliphatic carbocycles. The molecule has 168 valence electrons. The van der Waals surface area contributed by atoms with Crippen LogP contribution in [0.2, 0.25) is 0 Å². The van der Waals surface area contributed by atoms with Gasteiger partial charge in [-0.15, -0.1) is 0 Å². The number of carboxylic acid groups (broad SMARTS) is 1. The van der Waals surface area contributed by atoms with E-state index >= 15 is 0 Å². The number of carbonyl (C=O) groups is 1. The molecule has 0 bridgehead atoms. The third-order valence-corrected chi connectivity index (χ3v) is 5.38. The Morgan fingerprint density at radius 1 is 1.35 bits per heavy atom. The van der Waals surface area contributed by atoms with Gasteiger partial charge in [-0.3, -0.25) is 4.79 Å². The molecule has 1 saturated heterocycles. The van der Waals surface area contributed by atoms with E-state index in [2.05, 4.69) is 27.1 Å². The molecule has 0 amide bonds. The van der Waals surface area contributed by atoms with Gasteiger partial charge in [-0.2, -0.15) is 0 Å². The summed E-state index contributed by atoms with van der Waals surface area (Å²) in [6.45, 7) is 4.59. The predicted molar refractivity (Wildman–Crippen MR) is 117 cm³/mol. The Labute approximate surface area is 182 Å². The highest BCUT2D eigenvalue weighted by Gasteiger charge is 2.25. The van der Waals surface area contributed by atoms with Crippen LogP contribution < -0.4 is 15.0 Å². The van der Waals surface area contributed by atoms with Crippen LogP contribution in [0.15, 0.2) is 30.6 Å². The molecule has 9 heteroatoms. The van der Waals surface area contributed by atoms with Crippen molar-refractivity contribution in [3.63, 3.8) is 0 Å². The summed E-state index contributed by atoms with van der Waals surface area (Å²) >= 11 is 0. The standard InChI is InChI=1S/C22H30N4O5/c1-4-18-14-31-8-7-26(18)20-6-5-15(16(13-29-2)10-21(27)28)9-19(20)25-17-11-23-22(30-3)24-12-17/h5-6,9,11-12,16,18,25H,4,7-8,10,13-14H2,1-3H3,(H,27,28)/t16-,18?/m0/s1. The van der Waals surface area contributed by atoms with E-state index in [9.17, 15) is 9.90 Å². The summed E-state index contributed by atoms with van der Waals surface area (Å²) in [6.07, 6.45) is 4.26. The normalized spacial score (nSPS) is 17.3. The topological polar surface area (TPSA) is 106 Å². The lowest BCUT2D eigenvalue weighted by atomic mass is 9.95. The number of benzene rings is 1. The Bertz CT molecular complexity index is 861. The second kappa shape index (κ2) is 10.9. The minimum Gasteiger partial charge on any atom is -0.481 e. The van der Waals surface area contributed by atoms with Gasteiger partial charge in [0.2, 0.25) is 0 Å². The van der Waals surface area contributed by atoms with Crippen LogP contribution in [0.4, 0.5) is 17.1 Å². The number of morpholine rings is 1. The molecular formula is C22H30N4O5. The molecule has 0 radical (unpaired) electrons. The average molecular weight is 431 g/mol. The van der Waals surface area contributed by atoms with Gasteiger partial charge in [0, 0.05) is 19.6 Å². The van der Waals surface area contributed by atoms with Crippen LogP contribution in [-0.2, 0) is 14.3 Å². The Kier molecular flexibility index (Phi) is 8.02. The molecule has 2 atom stereocenters. The van der Waals surface area contributed by atoms with Crippen molar-refractivity contribution in [3.8, 4) is 6.01 Å². The van der Waals surface area contributed by atoms with Gasteiger partial charge in [-0.25, -0.2) is 9.97 Å². The fourth-order valence-electron chi connectivity index (χ4n) is 3.79. The van der Waals surface area contributed by atoms with Gasteiger partial charge in [-0.1, -0.05) is 13.0 Å². The van der Waals surface area contributed by atoms with Gasteiger partial charge < -0.3 is 29.5 Å². The number of rotatable bonds is 10. The van der Waals surface area contributed by atoms with Gasteiger partial charge in [0.05, 0.1) is 68.8 Å². The van der Waals surface area contributed by atoms with Crippen molar-refractivity contribution < 1.29 is 24.1 Å². The molecule has 3 rings (SSSR count). The van der Waals surface area contributed by atoms with Gasteiger partial charge in [0.15, 0.2) is 0 Å². The number of anilines is 3. The maximum absolute atomic E-state index is 11.4. The fourth-order valence-corrected chi connectivity index (χ4v) is 3.79. The lowest BCUT2D eigenvalue weighted by Crippen LogP contribution is -2.45. The average Bonchev–Trinajstić information content (AvgIpc) is 2.79. The molecule has 1 fully saturated rings. The van der Waals surface area contributed by atoms with E-state index < -0.39 is 5.97 Å². The van der Waals surface area contributed by atoms with Crippen molar-refractivity contribution in [1.82, 2.24) is 9.97 Å². The van der Waals surface area contributed by atoms with Crippen LogP contribution in [-0.4, -0.2) is 67.7 Å². The molecular weight excluding hydrogens is 400 g/mol. The maximum atomic E-state index is 11.4. The number of ether oxygens (including phenoxy) is 3. The zero-order chi connectivity index (χ0) is 22.2. The summed E-state index contributed by atoms with van der Waals surface area (Å²) in [7, 11) is 3.10. The van der Waals surface area contributed by atoms with E-state index in [0.717, 1.165) is 29.9 Å². The highest BCUT2D eigenvalue weighted by molar-refractivity contribution is 5.77. The Hall–Kier alpha value is -2.91. The second-order valence-electron chi connectivity index (χ2n) is 7.44. The first-order valence-electron chi connectivity index (χ1n) is 10.4. The van der Waals surface area contributed by atoms with E-state index in [-0.39, 0.29) is 18.4 Å². The SMILES string of the molecule is CCC1COCCN1c1ccc([C@H](COC)CC(=O)O)cc1Nc1cnc(OC)nc1. The number of aliphatic carboxylic acids is 1. The van der Waals surface area contributed by atoms with Crippen molar-refractivity contribution in [2.75, 3.05) is 50.8 Å². The highest BCUT2D eigenvalue weighted by atomic mass is 16.5. The first kappa shape index (κ1) is 22.8. The van der Waals surface area contributed by atoms with Crippen LogP contribution in [0.1, 0.15) is 31.2 Å². The van der Waals surface area contributed by atoms with Crippen LogP contribution in [0.3, 0.4) is 0 Å². The van der Waals surface area contributed by atoms with Crippen molar-refractivity contribution in [1.29, 1.82) is 0 Å². The van der Waals surface area contributed by atoms with Gasteiger partial charge >= 0.3 is 12.0 Å². The summed E-state index contributed by atoms with van der Waals surface area (Å²) in [5.41, 5.74) is 3.49. The summed E-state index contributed by atoms with van der Waals surface area (Å²) in [5, 5.41) is 12.7. The Morgan fingerprint density at radius 3 is 2.77 bits per heavy atom. The lowest BCUT2D eigenvalue weighted by molar-refractivity contribution is -0.137. The highest BCUT2D eigenvalue weighted by Crippen LogP contribution is 2.35. The minimum atomic E-state index is -0.858. The van der Waals surface area contributed by atoms with E-state index in [1.165, 1.54) is 7.11 Å². The number of carboxylic acids is 1. The smallest absolute Gasteiger partial charge is 0.316 e. The predicted octanol–water partition coefficient (Wildman–Crippen LogP) is 3.05. The Balaban J connectivity index is 1.99. The summed E-state index contributed by atoms with van der Waals surface area (Å²) in [6, 6.07) is 6.58. The number of hydrogen-bond acceptors (Lipinski definition) is 8. The van der Waals surface area contributed by atoms with Crippen molar-refractivity contribution in [3.05, 3.63) is 36.2 Å². The first-order chi connectivity index (χ1) is 15.0. The molecule has 1 aliphatic heterocycles. The van der Waals surface area contributed by atoms with Gasteiger partial charge in [0.25, 0.3) is 0 Å². The third-order valence-electron chi connectivity index (χ3n) is 5.38. The molecule has 1 aromatic heterocycles. The second-order valence-corrected chi connectivity index (χ2v) is 7.44. The molecule has 0 saturated carbocycles. The zero-order valence-corrected chi connectivity index (χ0v) is 18.2. The van der Waals surface area contributed by atoms with E-state index in [1.54, 1.807) is 19.5 Å². The molecule has 0 spiro atoms. The summed E-state index contributed by atoms with van der Waals surface area (Å²) in [5.74, 6) is -1.11. The molecule has 2 heterocycles. The molecule has 2 aromatic rings. The number of hydrogen-bond donors (Lipinski definition) is 2. The molecule has 1 aliphatic rings. The largest absolute Gasteiger partial charge is 0.481 e. The Morgan fingerprint density at radius 2 is 2.13 bits per heavy atom. The lowest BCUT2D eigenvalue weighted by Gasteiger charge is -2.38. The molecule has 2 N–H and O–H groups in total. The molecule has 1 aromatic carbocycles. The van der Waals surface area contributed by atoms with Crippen molar-refractivity contribution in [2.45, 2.75) is 31.7 Å². The quantitative estimate of drug-likeness (QED) is 0.588. The number of nitrogens with one attached hydrogen (secondary N) is 1. The zero-order valence-electron chi connectivity index (χ0n) is 18.2. The van der Waals surface area contributed by atoms with Crippen LogP contribution in [0.5, 0.6) is 6.01 Å². The maximum Gasteiger partial charge on any atom is 0.316 e. The van der Waals surface area contributed by atoms with Crippen molar-refractivity contribution >= 4 is 23.0 Å². The van der Waals surface area contributed by atoms with E-state index in [4.69, 9.17) is 14.2 Å². The van der Waals surface area contributed by atoms with Crippen molar-refractivity contribution in [2.24, 2.45) is 0 Å². The minimum absolute atomic E-state index is 0.00653. The molecule has 9 nitrogen and oxygen atoms in total. The summed E-state index contributed by atoms with van der Waals surface area (Å²) in [4.78, 5) is 22.0. The number of aromatic nitrogens is 2. The summed E-state index contributed by atoms with van der Waals surface area (Å²) < 4.78 is 16.0. The van der Waals surface area contributed by atoms with Crippen LogP contribution >= 0.6 is 0 Å². The van der Waals surface area contributed by atoms with E-state index in [0.29, 0.717) is 31.5 Å². The third kappa shape index (κ3) is 5.83. The fraction of sp³-hybridized carbons (Fsp3) is 0.500. The molecule has 1 unspecified atom stereocenters. The van der Waals surface area contributed by atoms with Gasteiger partial charge in [-0.05, 0) is 24.1 Å². The van der Waals surface area contributed by atoms with Crippen LogP contribution in [0, 0.1) is 0 Å². The molecule has 31 heavy (non-hydrogen) atoms.